The van der Waals surface area contributed by atoms with E-state index in [0.29, 0.717) is 0 Å². The summed E-state index contributed by atoms with van der Waals surface area (Å²) in [6.45, 7) is 0. The first-order valence-electron chi connectivity index (χ1n) is 5.13. The van der Waals surface area contributed by atoms with Gasteiger partial charge in [0.15, 0.2) is 0 Å². The van der Waals surface area contributed by atoms with Crippen LogP contribution >= 0.6 is 0 Å². The Kier molecular flexibility index (Phi) is 3.13. The molecule has 1 aromatic carbocycles. The van der Waals surface area contributed by atoms with Crippen LogP contribution in [0.4, 0.5) is 0 Å². The summed E-state index contributed by atoms with van der Waals surface area (Å²) in [5.74, 6) is -2.25. The van der Waals surface area contributed by atoms with Gasteiger partial charge in [0, 0.05) is 16.6 Å². The molecule has 7 nitrogen and oxygen atoms in total. The van der Waals surface area contributed by atoms with Crippen molar-refractivity contribution in [2.45, 2.75) is 4.90 Å². The molecular weight excluding hydrogens is 272 g/mol. The third-order valence-corrected chi connectivity index (χ3v) is 4.03. The lowest BCUT2D eigenvalue weighted by Crippen LogP contribution is -2.40. The topological polar surface area (TPSA) is 115 Å². The van der Waals surface area contributed by atoms with Crippen LogP contribution < -0.4 is 20.5 Å². The standard InChI is InChI=1S/C11H9N2O5S/c1-12-19(17,18)7-2-3-8-6(4-7)5-13-10(14)9(8)11(15)16/h2-5,12H,1H3,(H,15,16). The van der Waals surface area contributed by atoms with Crippen LogP contribution in [0.5, 0.6) is 0 Å². The third kappa shape index (κ3) is 2.23. The van der Waals surface area contributed by atoms with Crippen molar-refractivity contribution in [2.75, 3.05) is 7.05 Å². The summed E-state index contributed by atoms with van der Waals surface area (Å²) < 4.78 is 25.4. The molecule has 0 aromatic heterocycles. The Morgan fingerprint density at radius 3 is 2.63 bits per heavy atom. The van der Waals surface area contributed by atoms with Crippen LogP contribution in [0.25, 0.3) is 11.8 Å². The Balaban J connectivity index is 2.81. The summed E-state index contributed by atoms with van der Waals surface area (Å²) in [7, 11) is -2.37. The molecule has 1 aliphatic heterocycles. The highest BCUT2D eigenvalue weighted by molar-refractivity contribution is 7.89. The normalized spacial score (nSPS) is 14.4. The molecule has 8 heteroatoms. The number of carboxylic acids is 1. The minimum absolute atomic E-state index is 0.0284. The van der Waals surface area contributed by atoms with Crippen molar-refractivity contribution in [1.29, 1.82) is 0 Å². The fourth-order valence-corrected chi connectivity index (χ4v) is 2.44. The molecule has 0 aliphatic carbocycles. The number of nitrogens with one attached hydrogen (secondary N) is 1. The number of rotatable bonds is 3. The fourth-order valence-electron chi connectivity index (χ4n) is 1.67. The molecule has 0 saturated heterocycles. The van der Waals surface area contributed by atoms with Crippen molar-refractivity contribution in [2.24, 2.45) is 0 Å². The monoisotopic (exact) mass is 281 g/mol. The largest absolute Gasteiger partial charge is 0.477 e. The molecule has 0 spiro atoms. The summed E-state index contributed by atoms with van der Waals surface area (Å²) in [5.41, 5.74) is -0.467. The maximum absolute atomic E-state index is 11.6. The van der Waals surface area contributed by atoms with E-state index in [2.05, 4.69) is 10.0 Å². The Labute approximate surface area is 108 Å². The molecule has 0 bridgehead atoms. The van der Waals surface area contributed by atoms with Crippen LogP contribution in [0.1, 0.15) is 0 Å². The van der Waals surface area contributed by atoms with Crippen LogP contribution in [0.2, 0.25) is 0 Å². The number of carboxylic acid groups (broad SMARTS) is 1. The second kappa shape index (κ2) is 4.48. The van der Waals surface area contributed by atoms with Gasteiger partial charge in [-0.3, -0.25) is 4.79 Å². The number of aliphatic carboxylic acids is 1. The second-order valence-electron chi connectivity index (χ2n) is 3.70. The van der Waals surface area contributed by atoms with E-state index in [1.165, 1.54) is 25.2 Å². The number of hydrogen-bond acceptors (Lipinski definition) is 4. The van der Waals surface area contributed by atoms with Crippen molar-refractivity contribution in [3.05, 3.63) is 28.6 Å². The smallest absolute Gasteiger partial charge is 0.342 e. The van der Waals surface area contributed by atoms with Gasteiger partial charge in [0.05, 0.1) is 4.90 Å². The number of sulfonamides is 1. The summed E-state index contributed by atoms with van der Waals surface area (Å²) >= 11 is 0. The van der Waals surface area contributed by atoms with Crippen LogP contribution in [0, 0.1) is 0 Å². The first-order valence-corrected chi connectivity index (χ1v) is 6.62. The number of carbonyl (C=O) groups excluding carboxylic acids is 1. The zero-order valence-electron chi connectivity index (χ0n) is 9.75. The molecule has 0 atom stereocenters. The summed E-state index contributed by atoms with van der Waals surface area (Å²) in [6.07, 6.45) is 1.15. The maximum atomic E-state index is 11.6. The summed E-state index contributed by atoms with van der Waals surface area (Å²) in [4.78, 5) is 22.4. The van der Waals surface area contributed by atoms with Gasteiger partial charge >= 0.3 is 5.97 Å². The van der Waals surface area contributed by atoms with E-state index in [4.69, 9.17) is 5.11 Å². The fraction of sp³-hybridized carbons (Fsp3) is 0.0909. The zero-order valence-corrected chi connectivity index (χ0v) is 10.6. The molecule has 1 amide bonds. The van der Waals surface area contributed by atoms with Crippen molar-refractivity contribution in [3.63, 3.8) is 0 Å². The quantitative estimate of drug-likeness (QED) is 0.647. The molecule has 2 N–H and O–H groups in total. The highest BCUT2D eigenvalue weighted by Crippen LogP contribution is 2.04. The minimum Gasteiger partial charge on any atom is -0.477 e. The SMILES string of the molecule is CNS(=O)(=O)c1ccc2c(c1)=C[N]C(=O)C=2C(=O)O. The average molecular weight is 281 g/mol. The zero-order chi connectivity index (χ0) is 14.2. The molecule has 2 rings (SSSR count). The molecule has 1 aliphatic rings. The van der Waals surface area contributed by atoms with Crippen molar-refractivity contribution >= 4 is 33.7 Å². The summed E-state index contributed by atoms with van der Waals surface area (Å²) in [5, 5.41) is 12.8. The molecule has 0 fully saturated rings. The predicted molar refractivity (Wildman–Crippen MR) is 64.6 cm³/mol. The number of nitrogens with zero attached hydrogens (tertiary/aromatic N) is 1. The molecule has 1 heterocycles. The van der Waals surface area contributed by atoms with E-state index in [1.807, 2.05) is 0 Å². The number of amides is 1. The van der Waals surface area contributed by atoms with Gasteiger partial charge in [0.25, 0.3) is 5.91 Å². The average Bonchev–Trinajstić information content (AvgIpc) is 2.37. The van der Waals surface area contributed by atoms with Gasteiger partial charge in [-0.05, 0) is 19.2 Å². The van der Waals surface area contributed by atoms with E-state index in [-0.39, 0.29) is 15.3 Å². The Bertz CT molecular complexity index is 795. The molecule has 19 heavy (non-hydrogen) atoms. The lowest BCUT2D eigenvalue weighted by molar-refractivity contribution is -0.132. The highest BCUT2D eigenvalue weighted by atomic mass is 32.2. The van der Waals surface area contributed by atoms with Gasteiger partial charge in [-0.25, -0.2) is 23.3 Å². The van der Waals surface area contributed by atoms with E-state index in [1.54, 1.807) is 0 Å². The number of carbonyl (C=O) groups is 2. The van der Waals surface area contributed by atoms with Crippen molar-refractivity contribution in [1.82, 2.24) is 10.0 Å². The van der Waals surface area contributed by atoms with E-state index < -0.39 is 27.5 Å². The van der Waals surface area contributed by atoms with Gasteiger partial charge in [-0.15, -0.1) is 0 Å². The second-order valence-corrected chi connectivity index (χ2v) is 5.59. The molecule has 0 saturated carbocycles. The van der Waals surface area contributed by atoms with Crippen LogP contribution in [-0.2, 0) is 19.6 Å². The van der Waals surface area contributed by atoms with Gasteiger partial charge < -0.3 is 5.11 Å². The first-order chi connectivity index (χ1) is 8.86. The molecule has 99 valence electrons. The predicted octanol–water partition coefficient (Wildman–Crippen LogP) is -2.29. The number of fused-ring (bicyclic) bond motifs is 1. The Morgan fingerprint density at radius 1 is 1.37 bits per heavy atom. The van der Waals surface area contributed by atoms with Gasteiger partial charge in [0.2, 0.25) is 10.0 Å². The van der Waals surface area contributed by atoms with E-state index in [9.17, 15) is 18.0 Å². The molecule has 1 radical (unpaired) electrons. The van der Waals surface area contributed by atoms with Crippen LogP contribution in [0.3, 0.4) is 0 Å². The van der Waals surface area contributed by atoms with E-state index in [0.717, 1.165) is 6.20 Å². The number of hydrogen-bond donors (Lipinski definition) is 2. The highest BCUT2D eigenvalue weighted by Gasteiger charge is 2.22. The van der Waals surface area contributed by atoms with Crippen molar-refractivity contribution in [3.8, 4) is 0 Å². The van der Waals surface area contributed by atoms with Crippen molar-refractivity contribution < 1.29 is 23.1 Å². The molecule has 1 aromatic rings. The lowest BCUT2D eigenvalue weighted by atomic mass is 10.1. The molecular formula is C11H9N2O5S. The van der Waals surface area contributed by atoms with E-state index >= 15 is 0 Å². The van der Waals surface area contributed by atoms with Gasteiger partial charge in [0.1, 0.15) is 5.57 Å². The van der Waals surface area contributed by atoms with Gasteiger partial charge in [-0.1, -0.05) is 6.07 Å². The lowest BCUT2D eigenvalue weighted by Gasteiger charge is -2.07. The first kappa shape index (κ1) is 13.2. The number of benzene rings is 1. The minimum atomic E-state index is -3.64. The third-order valence-electron chi connectivity index (χ3n) is 2.62. The van der Waals surface area contributed by atoms with Crippen LogP contribution in [0.15, 0.2) is 23.1 Å². The Morgan fingerprint density at radius 2 is 2.05 bits per heavy atom. The van der Waals surface area contributed by atoms with Crippen LogP contribution in [-0.4, -0.2) is 32.4 Å². The molecule has 0 unspecified atom stereocenters. The Hall–Kier alpha value is -2.19. The maximum Gasteiger partial charge on any atom is 0.342 e. The summed E-state index contributed by atoms with van der Waals surface area (Å²) in [6, 6.07) is 3.78. The van der Waals surface area contributed by atoms with Gasteiger partial charge in [-0.2, -0.15) is 0 Å².